The van der Waals surface area contributed by atoms with Crippen LogP contribution in [0.25, 0.3) is 22.6 Å². The average molecular weight is 325 g/mol. The highest BCUT2D eigenvalue weighted by Gasteiger charge is 1.98. The molecule has 3 aromatic rings. The number of nitrogens with zero attached hydrogens (tertiary/aromatic N) is 1. The third-order valence-corrected chi connectivity index (χ3v) is 3.77. The van der Waals surface area contributed by atoms with Crippen molar-refractivity contribution in [2.45, 2.75) is 33.6 Å². The van der Waals surface area contributed by atoms with Gasteiger partial charge in [0.1, 0.15) is 5.82 Å². The van der Waals surface area contributed by atoms with E-state index in [1.165, 1.54) is 41.1 Å². The van der Waals surface area contributed by atoms with Crippen molar-refractivity contribution >= 4 is 28.2 Å². The van der Waals surface area contributed by atoms with Crippen molar-refractivity contribution in [1.29, 1.82) is 0 Å². The van der Waals surface area contributed by atoms with Gasteiger partial charge >= 0.3 is 0 Å². The zero-order valence-corrected chi connectivity index (χ0v) is 14.4. The number of aromatic nitrogens is 2. The van der Waals surface area contributed by atoms with Crippen LogP contribution in [0.4, 0.5) is 10.1 Å². The van der Waals surface area contributed by atoms with Crippen LogP contribution in [0.5, 0.6) is 0 Å². The van der Waals surface area contributed by atoms with Gasteiger partial charge in [0.25, 0.3) is 0 Å². The molecular formula is C20H24FN3. The third-order valence-electron chi connectivity index (χ3n) is 3.77. The average Bonchev–Trinajstić information content (AvgIpc) is 3.07. The van der Waals surface area contributed by atoms with Gasteiger partial charge < -0.3 is 10.7 Å². The van der Waals surface area contributed by atoms with Gasteiger partial charge in [-0.2, -0.15) is 0 Å². The second-order valence-electron chi connectivity index (χ2n) is 5.43. The monoisotopic (exact) mass is 325 g/mol. The predicted molar refractivity (Wildman–Crippen MR) is 100 cm³/mol. The van der Waals surface area contributed by atoms with Gasteiger partial charge in [-0.05, 0) is 55.3 Å². The standard InChI is InChI=1S/C9H7FN2.C9H11N.C2H6/c10-7-1-2-9-6(3-7)4-8(11)5-12-9;1-7-3-2-4-9-8(7)5-6-10-9;1-2/h1-5H,11H2;4-6,10H,2-3H2,1H3;1-2H3. The van der Waals surface area contributed by atoms with E-state index in [0.29, 0.717) is 5.69 Å². The highest BCUT2D eigenvalue weighted by molar-refractivity contribution is 5.81. The van der Waals surface area contributed by atoms with E-state index in [9.17, 15) is 4.39 Å². The van der Waals surface area contributed by atoms with Crippen LogP contribution in [0.1, 0.15) is 33.6 Å². The molecule has 24 heavy (non-hydrogen) atoms. The van der Waals surface area contributed by atoms with Gasteiger partial charge in [-0.15, -0.1) is 0 Å². The van der Waals surface area contributed by atoms with Crippen LogP contribution in [0, 0.1) is 5.82 Å². The lowest BCUT2D eigenvalue weighted by atomic mass is 10.1. The molecule has 0 spiro atoms. The van der Waals surface area contributed by atoms with Crippen LogP contribution in [-0.2, 0) is 0 Å². The molecule has 0 amide bonds. The minimum atomic E-state index is -0.269. The summed E-state index contributed by atoms with van der Waals surface area (Å²) in [6.07, 6.45) is 8.25. The summed E-state index contributed by atoms with van der Waals surface area (Å²) in [6, 6.07) is 8.28. The molecule has 126 valence electrons. The summed E-state index contributed by atoms with van der Waals surface area (Å²) in [5, 5.41) is 3.45. The van der Waals surface area contributed by atoms with Crippen LogP contribution in [0.2, 0.25) is 0 Å². The summed E-state index contributed by atoms with van der Waals surface area (Å²) >= 11 is 0. The molecule has 0 radical (unpaired) electrons. The highest BCUT2D eigenvalue weighted by Crippen LogP contribution is 2.15. The molecule has 1 aliphatic carbocycles. The number of nitrogen functional groups attached to an aromatic ring is 1. The summed E-state index contributed by atoms with van der Waals surface area (Å²) in [7, 11) is 0. The molecule has 2 aromatic heterocycles. The number of halogens is 1. The van der Waals surface area contributed by atoms with E-state index in [2.05, 4.69) is 29.0 Å². The van der Waals surface area contributed by atoms with Crippen molar-refractivity contribution in [1.82, 2.24) is 9.97 Å². The fraction of sp³-hybridized carbons (Fsp3) is 0.250. The van der Waals surface area contributed by atoms with Crippen LogP contribution >= 0.6 is 0 Å². The molecule has 0 unspecified atom stereocenters. The Morgan fingerprint density at radius 1 is 1.17 bits per heavy atom. The van der Waals surface area contributed by atoms with Crippen LogP contribution in [-0.4, -0.2) is 9.97 Å². The maximum Gasteiger partial charge on any atom is 0.123 e. The van der Waals surface area contributed by atoms with E-state index in [-0.39, 0.29) is 5.82 Å². The second-order valence-corrected chi connectivity index (χ2v) is 5.43. The first-order valence-corrected chi connectivity index (χ1v) is 8.27. The van der Waals surface area contributed by atoms with Gasteiger partial charge in [-0.3, -0.25) is 4.98 Å². The lowest BCUT2D eigenvalue weighted by Crippen LogP contribution is -2.26. The number of nitrogens with one attached hydrogen (secondary N) is 1. The Balaban J connectivity index is 0.000000160. The number of fused-ring (bicyclic) bond motifs is 2. The Hall–Kier alpha value is -2.62. The molecule has 4 rings (SSSR count). The Labute approximate surface area is 141 Å². The maximum atomic E-state index is 12.7. The first-order chi connectivity index (χ1) is 11.6. The normalized spacial score (nSPS) is 12.2. The Bertz CT molecular complexity index is 889. The molecule has 4 heteroatoms. The van der Waals surface area contributed by atoms with Gasteiger partial charge in [0.2, 0.25) is 0 Å². The molecule has 0 saturated heterocycles. The first kappa shape index (κ1) is 17.7. The highest BCUT2D eigenvalue weighted by atomic mass is 19.1. The zero-order chi connectivity index (χ0) is 17.5. The number of pyridine rings is 1. The van der Waals surface area contributed by atoms with Gasteiger partial charge in [0.05, 0.1) is 17.4 Å². The van der Waals surface area contributed by atoms with Gasteiger partial charge in [0, 0.05) is 16.9 Å². The number of H-pyrrole nitrogens is 1. The van der Waals surface area contributed by atoms with Gasteiger partial charge in [-0.25, -0.2) is 4.39 Å². The summed E-state index contributed by atoms with van der Waals surface area (Å²) in [4.78, 5) is 7.24. The molecule has 0 atom stereocenters. The third kappa shape index (κ3) is 4.22. The Morgan fingerprint density at radius 3 is 2.71 bits per heavy atom. The number of hydrogen-bond acceptors (Lipinski definition) is 2. The molecule has 1 aliphatic rings. The molecule has 0 aliphatic heterocycles. The molecule has 0 saturated carbocycles. The van der Waals surface area contributed by atoms with E-state index in [4.69, 9.17) is 5.73 Å². The number of benzene rings is 1. The minimum absolute atomic E-state index is 0.269. The molecule has 0 fully saturated rings. The quantitative estimate of drug-likeness (QED) is 0.661. The van der Waals surface area contributed by atoms with E-state index in [1.807, 2.05) is 20.0 Å². The van der Waals surface area contributed by atoms with E-state index >= 15 is 0 Å². The van der Waals surface area contributed by atoms with Crippen LogP contribution in [0.3, 0.4) is 0 Å². The predicted octanol–water partition coefficient (Wildman–Crippen LogP) is 3.74. The van der Waals surface area contributed by atoms with E-state index in [0.717, 1.165) is 10.9 Å². The topological polar surface area (TPSA) is 54.7 Å². The molecule has 1 aromatic carbocycles. The van der Waals surface area contributed by atoms with Crippen LogP contribution < -0.4 is 16.3 Å². The summed E-state index contributed by atoms with van der Waals surface area (Å²) in [6.45, 7) is 6.21. The smallest absolute Gasteiger partial charge is 0.123 e. The fourth-order valence-electron chi connectivity index (χ4n) is 2.61. The molecular weight excluding hydrogens is 301 g/mol. The number of aromatic amines is 1. The maximum absolute atomic E-state index is 12.7. The zero-order valence-electron chi connectivity index (χ0n) is 14.4. The van der Waals surface area contributed by atoms with E-state index < -0.39 is 0 Å². The number of anilines is 1. The molecule has 2 heterocycles. The van der Waals surface area contributed by atoms with Crippen molar-refractivity contribution in [2.75, 3.05) is 5.73 Å². The second kappa shape index (κ2) is 8.29. The molecule has 3 nitrogen and oxygen atoms in total. The SMILES string of the molecule is CC.CC1=c2cc[nH]c2=CCC1.Nc1cnc2ccc(F)cc2c1. The van der Waals surface area contributed by atoms with Gasteiger partial charge in [-0.1, -0.05) is 25.5 Å². The molecule has 3 N–H and O–H groups in total. The van der Waals surface area contributed by atoms with Gasteiger partial charge in [0.15, 0.2) is 0 Å². The Kier molecular flexibility index (Phi) is 6.13. The first-order valence-electron chi connectivity index (χ1n) is 8.27. The lowest BCUT2D eigenvalue weighted by Gasteiger charge is -2.00. The largest absolute Gasteiger partial charge is 0.397 e. The summed E-state index contributed by atoms with van der Waals surface area (Å²) < 4.78 is 12.7. The van der Waals surface area contributed by atoms with Crippen molar-refractivity contribution < 1.29 is 4.39 Å². The number of hydrogen-bond donors (Lipinski definition) is 2. The number of nitrogens with two attached hydrogens (primary N) is 1. The van der Waals surface area contributed by atoms with Crippen LogP contribution in [0.15, 0.2) is 42.7 Å². The van der Waals surface area contributed by atoms with Crippen molar-refractivity contribution in [3.63, 3.8) is 0 Å². The fourth-order valence-corrected chi connectivity index (χ4v) is 2.61. The summed E-state index contributed by atoms with van der Waals surface area (Å²) in [5.74, 6) is -0.269. The minimum Gasteiger partial charge on any atom is -0.397 e. The van der Waals surface area contributed by atoms with Crippen molar-refractivity contribution in [3.8, 4) is 0 Å². The molecule has 0 bridgehead atoms. The van der Waals surface area contributed by atoms with E-state index in [1.54, 1.807) is 18.3 Å². The van der Waals surface area contributed by atoms with Crippen molar-refractivity contribution in [2.24, 2.45) is 0 Å². The lowest BCUT2D eigenvalue weighted by molar-refractivity contribution is 0.629. The summed E-state index contributed by atoms with van der Waals surface area (Å²) in [5.41, 5.74) is 8.31. The number of rotatable bonds is 0. The Morgan fingerprint density at radius 2 is 1.96 bits per heavy atom. The van der Waals surface area contributed by atoms with Crippen molar-refractivity contribution in [3.05, 3.63) is 59.1 Å².